The lowest BCUT2D eigenvalue weighted by molar-refractivity contribution is -0.139. The average Bonchev–Trinajstić information content (AvgIpc) is 2.57. The summed E-state index contributed by atoms with van der Waals surface area (Å²) in [4.78, 5) is 23.5. The Labute approximate surface area is 136 Å². The maximum atomic E-state index is 13.6. The smallest absolute Gasteiger partial charge is 0.326 e. The molecule has 0 heterocycles. The zero-order chi connectivity index (χ0) is 17.7. The monoisotopic (exact) mass is 335 g/mol. The number of carbonyl (C=O) groups is 2. The molecule has 0 unspecified atom stereocenters. The topological polar surface area (TPSA) is 75.6 Å². The van der Waals surface area contributed by atoms with E-state index in [-0.39, 0.29) is 6.42 Å². The van der Waals surface area contributed by atoms with Crippen LogP contribution in [0.5, 0.6) is 5.75 Å². The molecule has 24 heavy (non-hydrogen) atoms. The first-order valence-corrected chi connectivity index (χ1v) is 7.03. The highest BCUT2D eigenvalue weighted by Crippen LogP contribution is 2.19. The quantitative estimate of drug-likeness (QED) is 0.850. The van der Waals surface area contributed by atoms with Gasteiger partial charge >= 0.3 is 5.97 Å². The van der Waals surface area contributed by atoms with Crippen molar-refractivity contribution in [3.8, 4) is 5.75 Å². The molecule has 0 fully saturated rings. The lowest BCUT2D eigenvalue weighted by Crippen LogP contribution is -2.42. The molecular weight excluding hydrogens is 320 g/mol. The minimum absolute atomic E-state index is 0.0674. The van der Waals surface area contributed by atoms with Gasteiger partial charge in [0, 0.05) is 6.42 Å². The third-order valence-corrected chi connectivity index (χ3v) is 3.42. The molecule has 0 radical (unpaired) electrons. The highest BCUT2D eigenvalue weighted by atomic mass is 19.2. The van der Waals surface area contributed by atoms with Crippen molar-refractivity contribution < 1.29 is 28.2 Å². The first kappa shape index (κ1) is 17.4. The van der Waals surface area contributed by atoms with Gasteiger partial charge in [-0.15, -0.1) is 0 Å². The van der Waals surface area contributed by atoms with E-state index in [0.29, 0.717) is 11.3 Å². The lowest BCUT2D eigenvalue weighted by atomic mass is 10.0. The summed E-state index contributed by atoms with van der Waals surface area (Å²) < 4.78 is 32.0. The predicted molar refractivity (Wildman–Crippen MR) is 81.9 cm³/mol. The molecule has 0 aliphatic carbocycles. The second-order valence-electron chi connectivity index (χ2n) is 4.98. The van der Waals surface area contributed by atoms with Crippen LogP contribution in [-0.2, 0) is 11.2 Å². The van der Waals surface area contributed by atoms with Crippen molar-refractivity contribution in [1.82, 2.24) is 5.32 Å². The Morgan fingerprint density at radius 3 is 2.54 bits per heavy atom. The SMILES string of the molecule is COc1ccccc1C[C@@H](NC(=O)c1cccc(F)c1F)C(=O)O. The van der Waals surface area contributed by atoms with Gasteiger partial charge < -0.3 is 15.2 Å². The molecule has 1 atom stereocenters. The van der Waals surface area contributed by atoms with Crippen molar-refractivity contribution in [3.05, 3.63) is 65.2 Å². The summed E-state index contributed by atoms with van der Waals surface area (Å²) in [5.74, 6) is -4.34. The van der Waals surface area contributed by atoms with Crippen LogP contribution in [0.15, 0.2) is 42.5 Å². The average molecular weight is 335 g/mol. The summed E-state index contributed by atoms with van der Waals surface area (Å²) in [7, 11) is 1.44. The fraction of sp³-hybridized carbons (Fsp3) is 0.176. The molecule has 0 spiro atoms. The number of rotatable bonds is 6. The van der Waals surface area contributed by atoms with E-state index in [4.69, 9.17) is 4.74 Å². The highest BCUT2D eigenvalue weighted by molar-refractivity contribution is 5.96. The van der Waals surface area contributed by atoms with Crippen LogP contribution in [0, 0.1) is 11.6 Å². The minimum Gasteiger partial charge on any atom is -0.496 e. The largest absolute Gasteiger partial charge is 0.496 e. The Balaban J connectivity index is 2.21. The number of carbonyl (C=O) groups excluding carboxylic acids is 1. The molecule has 7 heteroatoms. The number of benzene rings is 2. The number of para-hydroxylation sites is 1. The van der Waals surface area contributed by atoms with Gasteiger partial charge in [-0.2, -0.15) is 0 Å². The van der Waals surface area contributed by atoms with Gasteiger partial charge in [-0.1, -0.05) is 24.3 Å². The van der Waals surface area contributed by atoms with E-state index in [1.54, 1.807) is 24.3 Å². The normalized spacial score (nSPS) is 11.6. The number of carboxylic acid groups (broad SMARTS) is 1. The number of ether oxygens (including phenoxy) is 1. The Hall–Kier alpha value is -2.96. The van der Waals surface area contributed by atoms with Crippen LogP contribution in [0.3, 0.4) is 0 Å². The molecule has 2 rings (SSSR count). The van der Waals surface area contributed by atoms with Crippen molar-refractivity contribution >= 4 is 11.9 Å². The summed E-state index contributed by atoms with van der Waals surface area (Å²) in [5.41, 5.74) is 0.00805. The molecule has 1 amide bonds. The van der Waals surface area contributed by atoms with Gasteiger partial charge in [-0.3, -0.25) is 4.79 Å². The Morgan fingerprint density at radius 1 is 1.17 bits per heavy atom. The highest BCUT2D eigenvalue weighted by Gasteiger charge is 2.24. The van der Waals surface area contributed by atoms with E-state index in [1.807, 2.05) is 0 Å². The van der Waals surface area contributed by atoms with Gasteiger partial charge in [0.2, 0.25) is 0 Å². The van der Waals surface area contributed by atoms with Crippen LogP contribution in [0.25, 0.3) is 0 Å². The third kappa shape index (κ3) is 3.87. The second-order valence-corrected chi connectivity index (χ2v) is 4.98. The van der Waals surface area contributed by atoms with Crippen molar-refractivity contribution in [2.24, 2.45) is 0 Å². The first-order chi connectivity index (χ1) is 11.4. The molecule has 2 N–H and O–H groups in total. The van der Waals surface area contributed by atoms with E-state index in [9.17, 15) is 23.5 Å². The number of nitrogens with one attached hydrogen (secondary N) is 1. The maximum absolute atomic E-state index is 13.6. The van der Waals surface area contributed by atoms with Crippen molar-refractivity contribution in [2.75, 3.05) is 7.11 Å². The number of methoxy groups -OCH3 is 1. The Bertz CT molecular complexity index is 764. The number of aliphatic carboxylic acids is 1. The molecule has 126 valence electrons. The summed E-state index contributed by atoms with van der Waals surface area (Å²) in [5, 5.41) is 11.5. The van der Waals surface area contributed by atoms with E-state index in [1.165, 1.54) is 13.2 Å². The van der Waals surface area contributed by atoms with E-state index >= 15 is 0 Å². The molecule has 2 aromatic rings. The molecule has 0 saturated carbocycles. The van der Waals surface area contributed by atoms with Crippen molar-refractivity contribution in [3.63, 3.8) is 0 Å². The van der Waals surface area contributed by atoms with Gasteiger partial charge in [0.05, 0.1) is 12.7 Å². The fourth-order valence-electron chi connectivity index (χ4n) is 2.21. The fourth-order valence-corrected chi connectivity index (χ4v) is 2.21. The first-order valence-electron chi connectivity index (χ1n) is 7.03. The Kier molecular flexibility index (Phi) is 5.47. The number of hydrogen-bond acceptors (Lipinski definition) is 3. The summed E-state index contributed by atoms with van der Waals surface area (Å²) in [6.45, 7) is 0. The van der Waals surface area contributed by atoms with Gasteiger partial charge in [-0.25, -0.2) is 13.6 Å². The zero-order valence-electron chi connectivity index (χ0n) is 12.8. The van der Waals surface area contributed by atoms with Crippen molar-refractivity contribution in [1.29, 1.82) is 0 Å². The molecule has 2 aromatic carbocycles. The Morgan fingerprint density at radius 2 is 1.88 bits per heavy atom. The molecule has 5 nitrogen and oxygen atoms in total. The van der Waals surface area contributed by atoms with Gasteiger partial charge in [0.1, 0.15) is 11.8 Å². The van der Waals surface area contributed by atoms with E-state index in [0.717, 1.165) is 12.1 Å². The van der Waals surface area contributed by atoms with Crippen LogP contribution in [0.1, 0.15) is 15.9 Å². The van der Waals surface area contributed by atoms with E-state index < -0.39 is 35.1 Å². The van der Waals surface area contributed by atoms with Crippen LogP contribution in [-0.4, -0.2) is 30.1 Å². The molecule has 0 aromatic heterocycles. The predicted octanol–water partition coefficient (Wildman–Crippen LogP) is 2.40. The third-order valence-electron chi connectivity index (χ3n) is 3.42. The summed E-state index contributed by atoms with van der Waals surface area (Å²) in [6.07, 6.45) is -0.0674. The lowest BCUT2D eigenvalue weighted by Gasteiger charge is -2.16. The molecule has 0 aliphatic heterocycles. The minimum atomic E-state index is -1.32. The number of amides is 1. The van der Waals surface area contributed by atoms with Crippen LogP contribution in [0.4, 0.5) is 8.78 Å². The number of carboxylic acids is 1. The van der Waals surface area contributed by atoms with Crippen LogP contribution >= 0.6 is 0 Å². The zero-order valence-corrected chi connectivity index (χ0v) is 12.8. The van der Waals surface area contributed by atoms with Crippen LogP contribution in [0.2, 0.25) is 0 Å². The van der Waals surface area contributed by atoms with Gasteiger partial charge in [0.15, 0.2) is 11.6 Å². The number of hydrogen-bond donors (Lipinski definition) is 2. The van der Waals surface area contributed by atoms with E-state index in [2.05, 4.69) is 5.32 Å². The van der Waals surface area contributed by atoms with Crippen LogP contribution < -0.4 is 10.1 Å². The van der Waals surface area contributed by atoms with Crippen molar-refractivity contribution in [2.45, 2.75) is 12.5 Å². The molecule has 0 bridgehead atoms. The summed E-state index contributed by atoms with van der Waals surface area (Å²) in [6, 6.07) is 8.53. The summed E-state index contributed by atoms with van der Waals surface area (Å²) >= 11 is 0. The molecule has 0 saturated heterocycles. The molecule has 0 aliphatic rings. The second kappa shape index (κ2) is 7.54. The standard InChI is InChI=1S/C17H15F2NO4/c1-24-14-8-3-2-5-10(14)9-13(17(22)23)20-16(21)11-6-4-7-12(18)15(11)19/h2-8,13H,9H2,1H3,(H,20,21)(H,22,23)/t13-/m1/s1. The number of halogens is 2. The molecular formula is C17H15F2NO4. The maximum Gasteiger partial charge on any atom is 0.326 e. The van der Waals surface area contributed by atoms with Gasteiger partial charge in [0.25, 0.3) is 5.91 Å². The van der Waals surface area contributed by atoms with Gasteiger partial charge in [-0.05, 0) is 23.8 Å².